The number of halogens is 1. The van der Waals surface area contributed by atoms with Gasteiger partial charge < -0.3 is 0 Å². The molecule has 7 nitrogen and oxygen atoms in total. The molecule has 0 aliphatic heterocycles. The summed E-state index contributed by atoms with van der Waals surface area (Å²) in [6.07, 6.45) is 4.66. The van der Waals surface area contributed by atoms with E-state index in [4.69, 9.17) is 11.6 Å². The molecule has 0 saturated heterocycles. The number of carbonyl (C=O) groups excluding carboxylic acids is 5. The van der Waals surface area contributed by atoms with Crippen molar-refractivity contribution < 1.29 is 32.4 Å². The number of sulfone groups is 1. The van der Waals surface area contributed by atoms with Gasteiger partial charge in [0.15, 0.2) is 38.8 Å². The van der Waals surface area contributed by atoms with Crippen molar-refractivity contribution in [3.63, 3.8) is 0 Å². The summed E-state index contributed by atoms with van der Waals surface area (Å²) in [4.78, 5) is 56.7. The van der Waals surface area contributed by atoms with Gasteiger partial charge in [0.05, 0.1) is 9.92 Å². The third-order valence-electron chi connectivity index (χ3n) is 4.76. The molecular formula is C20H21ClO7S. The second-order valence-electron chi connectivity index (χ2n) is 7.05. The second-order valence-corrected chi connectivity index (χ2v) is 9.47. The van der Waals surface area contributed by atoms with E-state index in [9.17, 15) is 32.4 Å². The van der Waals surface area contributed by atoms with Crippen molar-refractivity contribution in [2.45, 2.75) is 49.8 Å². The summed E-state index contributed by atoms with van der Waals surface area (Å²) >= 11 is 5.94. The van der Waals surface area contributed by atoms with Gasteiger partial charge in [-0.1, -0.05) is 11.6 Å². The van der Waals surface area contributed by atoms with Crippen LogP contribution in [0.4, 0.5) is 0 Å². The summed E-state index contributed by atoms with van der Waals surface area (Å²) < 4.78 is 22.8. The van der Waals surface area contributed by atoms with Crippen molar-refractivity contribution >= 4 is 50.4 Å². The van der Waals surface area contributed by atoms with Crippen molar-refractivity contribution in [3.8, 4) is 0 Å². The fourth-order valence-corrected chi connectivity index (χ4v) is 4.11. The van der Waals surface area contributed by atoms with Crippen LogP contribution in [-0.2, 0) is 29.0 Å². The van der Waals surface area contributed by atoms with E-state index in [-0.39, 0.29) is 39.9 Å². The van der Waals surface area contributed by atoms with Gasteiger partial charge in [-0.25, -0.2) is 8.42 Å². The smallest absolute Gasteiger partial charge is 0.198 e. The maximum absolute atomic E-state index is 12.3. The molecule has 0 amide bonds. The molecule has 156 valence electrons. The van der Waals surface area contributed by atoms with Gasteiger partial charge in [0, 0.05) is 37.5 Å². The Bertz CT molecular complexity index is 947. The van der Waals surface area contributed by atoms with Crippen LogP contribution in [-0.4, -0.2) is 43.6 Å². The highest BCUT2D eigenvalue weighted by Gasteiger charge is 2.37. The summed E-state index contributed by atoms with van der Waals surface area (Å²) in [6.45, 7) is 0. The molecule has 9 heteroatoms. The number of carbonyl (C=O) groups is 5. The molecule has 0 radical (unpaired) electrons. The van der Waals surface area contributed by atoms with Gasteiger partial charge in [-0.05, 0) is 37.5 Å². The predicted octanol–water partition coefficient (Wildman–Crippen LogP) is 2.56. The number of ketones is 5. The average Bonchev–Trinajstić information content (AvgIpc) is 2.63. The standard InChI is InChI=1S/C14H13ClO5S.C6H8O2/c1-21(19,20)8-5-6-9(10(15)7-8)14(18)13-11(16)3-2-4-12(13)17;7-5-3-1-2-4-6(5)8/h5-7,13H,2-4H2,1H3;1-4H2. The summed E-state index contributed by atoms with van der Waals surface area (Å²) in [5.41, 5.74) is -0.00216. The topological polar surface area (TPSA) is 119 Å². The van der Waals surface area contributed by atoms with Gasteiger partial charge in [-0.15, -0.1) is 0 Å². The fraction of sp³-hybridized carbons (Fsp3) is 0.450. The van der Waals surface area contributed by atoms with E-state index in [1.54, 1.807) is 0 Å². The molecule has 2 aliphatic carbocycles. The molecule has 0 heterocycles. The van der Waals surface area contributed by atoms with Crippen LogP contribution >= 0.6 is 11.6 Å². The summed E-state index contributed by atoms with van der Waals surface area (Å²) in [5, 5.41) is -0.0749. The summed E-state index contributed by atoms with van der Waals surface area (Å²) in [6, 6.07) is 3.64. The van der Waals surface area contributed by atoms with Crippen LogP contribution in [0.3, 0.4) is 0 Å². The van der Waals surface area contributed by atoms with Crippen molar-refractivity contribution in [3.05, 3.63) is 28.8 Å². The Labute approximate surface area is 173 Å². The van der Waals surface area contributed by atoms with Crippen LogP contribution in [0, 0.1) is 5.92 Å². The van der Waals surface area contributed by atoms with E-state index in [1.165, 1.54) is 12.1 Å². The van der Waals surface area contributed by atoms with Crippen molar-refractivity contribution in [1.82, 2.24) is 0 Å². The molecular weight excluding hydrogens is 420 g/mol. The molecule has 1 aromatic carbocycles. The van der Waals surface area contributed by atoms with E-state index < -0.39 is 33.1 Å². The normalized spacial score (nSPS) is 18.3. The van der Waals surface area contributed by atoms with Crippen LogP contribution in [0.25, 0.3) is 0 Å². The van der Waals surface area contributed by atoms with Gasteiger partial charge in [0.2, 0.25) is 0 Å². The van der Waals surface area contributed by atoms with E-state index in [0.29, 0.717) is 19.3 Å². The molecule has 29 heavy (non-hydrogen) atoms. The van der Waals surface area contributed by atoms with E-state index >= 15 is 0 Å². The third kappa shape index (κ3) is 5.90. The molecule has 1 aromatic rings. The zero-order valence-corrected chi connectivity index (χ0v) is 17.5. The Morgan fingerprint density at radius 1 is 0.897 bits per heavy atom. The van der Waals surface area contributed by atoms with Crippen molar-refractivity contribution in [2.75, 3.05) is 6.26 Å². The maximum atomic E-state index is 12.3. The minimum absolute atomic E-state index is 0.00216. The second kappa shape index (κ2) is 9.54. The highest BCUT2D eigenvalue weighted by Crippen LogP contribution is 2.27. The highest BCUT2D eigenvalue weighted by molar-refractivity contribution is 7.90. The first kappa shape index (κ1) is 23.1. The molecule has 0 unspecified atom stereocenters. The molecule has 0 aromatic heterocycles. The highest BCUT2D eigenvalue weighted by atomic mass is 35.5. The van der Waals surface area contributed by atoms with Crippen molar-refractivity contribution in [1.29, 1.82) is 0 Å². The van der Waals surface area contributed by atoms with Gasteiger partial charge in [-0.2, -0.15) is 0 Å². The number of hydrogen-bond acceptors (Lipinski definition) is 7. The lowest BCUT2D eigenvalue weighted by molar-refractivity contribution is -0.137. The molecule has 0 spiro atoms. The maximum Gasteiger partial charge on any atom is 0.198 e. The third-order valence-corrected chi connectivity index (χ3v) is 6.18. The first-order valence-corrected chi connectivity index (χ1v) is 11.4. The van der Waals surface area contributed by atoms with Gasteiger partial charge in [0.1, 0.15) is 5.92 Å². The Balaban J connectivity index is 0.000000313. The van der Waals surface area contributed by atoms with Crippen LogP contribution < -0.4 is 0 Å². The largest absolute Gasteiger partial charge is 0.298 e. The monoisotopic (exact) mass is 440 g/mol. The molecule has 0 atom stereocenters. The first-order valence-electron chi connectivity index (χ1n) is 9.17. The Morgan fingerprint density at radius 2 is 1.41 bits per heavy atom. The van der Waals surface area contributed by atoms with Crippen LogP contribution in [0.1, 0.15) is 55.3 Å². The lowest BCUT2D eigenvalue weighted by Gasteiger charge is -2.18. The first-order chi connectivity index (χ1) is 13.5. The zero-order chi connectivity index (χ0) is 21.8. The number of rotatable bonds is 3. The zero-order valence-electron chi connectivity index (χ0n) is 15.9. The number of benzene rings is 1. The van der Waals surface area contributed by atoms with Gasteiger partial charge in [-0.3, -0.25) is 24.0 Å². The summed E-state index contributed by atoms with van der Waals surface area (Å²) in [7, 11) is -3.44. The van der Waals surface area contributed by atoms with E-state index in [0.717, 1.165) is 25.2 Å². The molecule has 2 fully saturated rings. The average molecular weight is 441 g/mol. The Hall–Kier alpha value is -2.19. The lowest BCUT2D eigenvalue weighted by Crippen LogP contribution is -2.35. The molecule has 0 bridgehead atoms. The fourth-order valence-electron chi connectivity index (χ4n) is 3.13. The molecule has 2 saturated carbocycles. The van der Waals surface area contributed by atoms with E-state index in [1.807, 2.05) is 0 Å². The molecule has 0 N–H and O–H groups in total. The van der Waals surface area contributed by atoms with Crippen molar-refractivity contribution in [2.24, 2.45) is 5.92 Å². The SMILES string of the molecule is CS(=O)(=O)c1ccc(C(=O)C2C(=O)CCCC2=O)c(Cl)c1.O=C1CCCCC1=O. The Kier molecular flexibility index (Phi) is 7.60. The number of hydrogen-bond donors (Lipinski definition) is 0. The minimum atomic E-state index is -3.44. The van der Waals surface area contributed by atoms with Gasteiger partial charge >= 0.3 is 0 Å². The molecule has 3 rings (SSSR count). The quantitative estimate of drug-likeness (QED) is 0.402. The lowest BCUT2D eigenvalue weighted by atomic mass is 9.82. The minimum Gasteiger partial charge on any atom is -0.298 e. The van der Waals surface area contributed by atoms with Gasteiger partial charge in [0.25, 0.3) is 0 Å². The molecule has 2 aliphatic rings. The van der Waals surface area contributed by atoms with Crippen LogP contribution in [0.15, 0.2) is 23.1 Å². The van der Waals surface area contributed by atoms with Crippen LogP contribution in [0.5, 0.6) is 0 Å². The van der Waals surface area contributed by atoms with Crippen LogP contribution in [0.2, 0.25) is 5.02 Å². The summed E-state index contributed by atoms with van der Waals surface area (Å²) in [5.74, 6) is -3.11. The van der Waals surface area contributed by atoms with E-state index in [2.05, 4.69) is 0 Å². The Morgan fingerprint density at radius 3 is 1.83 bits per heavy atom. The predicted molar refractivity (Wildman–Crippen MR) is 105 cm³/mol. The number of Topliss-reactive ketones (excluding diaryl/α,β-unsaturated/α-hetero) is 5.